The number of hydrogen-bond acceptors (Lipinski definition) is 5. The second kappa shape index (κ2) is 10.8. The summed E-state index contributed by atoms with van der Waals surface area (Å²) in [6.45, 7) is 2.53. The number of pyridine rings is 1. The van der Waals surface area contributed by atoms with Gasteiger partial charge < -0.3 is 9.64 Å². The van der Waals surface area contributed by atoms with Gasteiger partial charge in [0.05, 0.1) is 5.69 Å². The number of hydrogen-bond donors (Lipinski definition) is 0. The van der Waals surface area contributed by atoms with Gasteiger partial charge in [-0.2, -0.15) is 0 Å². The van der Waals surface area contributed by atoms with Gasteiger partial charge in [-0.25, -0.2) is 4.79 Å². The molecule has 1 aliphatic carbocycles. The smallest absolute Gasteiger partial charge is 0.336 e. The van der Waals surface area contributed by atoms with Crippen LogP contribution < -0.4 is 4.90 Å². The van der Waals surface area contributed by atoms with Crippen molar-refractivity contribution in [2.45, 2.75) is 25.7 Å². The lowest BCUT2D eigenvalue weighted by atomic mass is 9.88. The molecule has 39 heavy (non-hydrogen) atoms. The van der Waals surface area contributed by atoms with Crippen molar-refractivity contribution >= 4 is 34.9 Å². The molecule has 3 aliphatic rings. The molecule has 0 amide bonds. The van der Waals surface area contributed by atoms with Crippen LogP contribution in [0.25, 0.3) is 11.6 Å². The van der Waals surface area contributed by atoms with Crippen LogP contribution in [0.5, 0.6) is 0 Å². The summed E-state index contributed by atoms with van der Waals surface area (Å²) in [7, 11) is 4.04. The summed E-state index contributed by atoms with van der Waals surface area (Å²) in [6.07, 6.45) is 9.35. The maximum Gasteiger partial charge on any atom is 0.336 e. The third-order valence-corrected chi connectivity index (χ3v) is 8.10. The third kappa shape index (κ3) is 5.42. The summed E-state index contributed by atoms with van der Waals surface area (Å²) in [6, 6.07) is 18.8. The lowest BCUT2D eigenvalue weighted by molar-refractivity contribution is -0.132. The van der Waals surface area contributed by atoms with Crippen molar-refractivity contribution < 1.29 is 9.53 Å². The molecule has 0 saturated carbocycles. The van der Waals surface area contributed by atoms with Gasteiger partial charge in [0.25, 0.3) is 0 Å². The van der Waals surface area contributed by atoms with Crippen molar-refractivity contribution in [3.05, 3.63) is 117 Å². The molecule has 198 valence electrons. The van der Waals surface area contributed by atoms with Gasteiger partial charge in [0.1, 0.15) is 5.76 Å². The number of cyclic esters (lactones) is 1. The number of rotatable bonds is 4. The molecule has 0 bridgehead atoms. The number of likely N-dealkylation sites (tertiary alicyclic amines) is 1. The lowest BCUT2D eigenvalue weighted by Crippen LogP contribution is -2.33. The lowest BCUT2D eigenvalue weighted by Gasteiger charge is -2.30. The number of esters is 1. The van der Waals surface area contributed by atoms with Crippen LogP contribution in [0, 0.1) is 0 Å². The van der Waals surface area contributed by atoms with E-state index in [1.165, 1.54) is 27.8 Å². The Morgan fingerprint density at radius 1 is 1.00 bits per heavy atom. The number of anilines is 1. The number of aryl methyl sites for hydroxylation is 2. The Kier molecular flexibility index (Phi) is 7.11. The Hall–Kier alpha value is -3.67. The molecule has 3 heterocycles. The summed E-state index contributed by atoms with van der Waals surface area (Å²) in [5.41, 5.74) is 10.8. The summed E-state index contributed by atoms with van der Waals surface area (Å²) in [5.74, 6) is 0.354. The van der Waals surface area contributed by atoms with Crippen LogP contribution >= 0.6 is 11.6 Å². The van der Waals surface area contributed by atoms with E-state index in [9.17, 15) is 4.79 Å². The van der Waals surface area contributed by atoms with Gasteiger partial charge in [-0.15, -0.1) is 0 Å². The van der Waals surface area contributed by atoms with E-state index in [0.29, 0.717) is 12.3 Å². The molecular formula is C33H32ClN3O2. The molecule has 0 spiro atoms. The average molecular weight is 538 g/mol. The zero-order chi connectivity index (χ0) is 26.9. The summed E-state index contributed by atoms with van der Waals surface area (Å²) in [4.78, 5) is 21.5. The molecule has 1 aromatic heterocycles. The molecule has 2 aromatic carbocycles. The van der Waals surface area contributed by atoms with Crippen molar-refractivity contribution in [1.82, 2.24) is 9.88 Å². The first-order chi connectivity index (χ1) is 18.9. The molecule has 0 unspecified atom stereocenters. The standard InChI is InChI=1S/C33H32ClN3O2/c1-36(2)28-10-5-22(6-11-28)18-30-26(20-31(38)39-30)21-37-16-13-23(14-17-37)32-29-12-9-27(34)19-25(29)8-7-24-4-3-15-35-33(24)32/h3-6,9-12,15,18-20H,7-8,13-14,16-17,21H2,1-2H3/b30-18-. The van der Waals surface area contributed by atoms with E-state index in [1.54, 1.807) is 6.08 Å². The minimum absolute atomic E-state index is 0.294. The molecular weight excluding hydrogens is 506 g/mol. The molecule has 0 radical (unpaired) electrons. The molecule has 1 fully saturated rings. The monoisotopic (exact) mass is 537 g/mol. The molecule has 0 atom stereocenters. The highest BCUT2D eigenvalue weighted by Gasteiger charge is 2.27. The Morgan fingerprint density at radius 2 is 1.77 bits per heavy atom. The molecule has 2 aliphatic heterocycles. The van der Waals surface area contributed by atoms with Crippen molar-refractivity contribution in [3.63, 3.8) is 0 Å². The highest BCUT2D eigenvalue weighted by Crippen LogP contribution is 2.38. The Bertz CT molecular complexity index is 1510. The Morgan fingerprint density at radius 3 is 2.54 bits per heavy atom. The zero-order valence-corrected chi connectivity index (χ0v) is 23.2. The molecule has 6 rings (SSSR count). The number of ether oxygens (including phenoxy) is 1. The van der Waals surface area contributed by atoms with Gasteiger partial charge >= 0.3 is 5.97 Å². The predicted molar refractivity (Wildman–Crippen MR) is 158 cm³/mol. The Labute approximate surface area is 235 Å². The average Bonchev–Trinajstić information content (AvgIpc) is 3.18. The molecule has 0 N–H and O–H groups in total. The van der Waals surface area contributed by atoms with E-state index in [2.05, 4.69) is 52.3 Å². The second-order valence-corrected chi connectivity index (χ2v) is 11.1. The van der Waals surface area contributed by atoms with Crippen molar-refractivity contribution in [2.24, 2.45) is 0 Å². The molecule has 6 heteroatoms. The maximum atomic E-state index is 12.2. The number of fused-ring (bicyclic) bond motifs is 2. The largest absolute Gasteiger partial charge is 0.423 e. The van der Waals surface area contributed by atoms with Gasteiger partial charge in [-0.3, -0.25) is 9.88 Å². The minimum Gasteiger partial charge on any atom is -0.423 e. The first-order valence-corrected chi connectivity index (χ1v) is 13.9. The number of nitrogens with zero attached hydrogens (tertiary/aromatic N) is 3. The summed E-state index contributed by atoms with van der Waals surface area (Å²) >= 11 is 6.38. The van der Waals surface area contributed by atoms with Crippen LogP contribution in [0.4, 0.5) is 5.69 Å². The van der Waals surface area contributed by atoms with E-state index in [-0.39, 0.29) is 5.97 Å². The SMILES string of the molecule is CN(C)c1ccc(/C=C2\OC(=O)C=C2CN2CCC(=C3c4ccc(Cl)cc4CCc4cccnc43)CC2)cc1. The van der Waals surface area contributed by atoms with E-state index >= 15 is 0 Å². The Balaban J connectivity index is 1.22. The molecule has 5 nitrogen and oxygen atoms in total. The highest BCUT2D eigenvalue weighted by atomic mass is 35.5. The zero-order valence-electron chi connectivity index (χ0n) is 22.4. The van der Waals surface area contributed by atoms with Crippen LogP contribution in [-0.4, -0.2) is 49.6 Å². The maximum absolute atomic E-state index is 12.2. The second-order valence-electron chi connectivity index (χ2n) is 10.7. The third-order valence-electron chi connectivity index (χ3n) is 7.86. The number of halogens is 1. The summed E-state index contributed by atoms with van der Waals surface area (Å²) in [5, 5.41) is 0.783. The number of carbonyl (C=O) groups excluding carboxylic acids is 1. The van der Waals surface area contributed by atoms with Crippen molar-refractivity contribution in [2.75, 3.05) is 38.6 Å². The number of piperidine rings is 1. The van der Waals surface area contributed by atoms with Crippen LogP contribution in [0.1, 0.15) is 40.8 Å². The number of carbonyl (C=O) groups is 1. The van der Waals surface area contributed by atoms with Gasteiger partial charge in [0, 0.05) is 67.9 Å². The van der Waals surface area contributed by atoms with Crippen molar-refractivity contribution in [1.29, 1.82) is 0 Å². The van der Waals surface area contributed by atoms with Crippen molar-refractivity contribution in [3.8, 4) is 0 Å². The molecule has 3 aromatic rings. The molecule has 1 saturated heterocycles. The van der Waals surface area contributed by atoms with E-state index < -0.39 is 0 Å². The van der Waals surface area contributed by atoms with Gasteiger partial charge in [-0.05, 0) is 84.3 Å². The van der Waals surface area contributed by atoms with Crippen LogP contribution in [0.3, 0.4) is 0 Å². The van der Waals surface area contributed by atoms with E-state index in [0.717, 1.165) is 66.3 Å². The predicted octanol–water partition coefficient (Wildman–Crippen LogP) is 6.32. The minimum atomic E-state index is -0.294. The van der Waals surface area contributed by atoms with E-state index in [1.807, 2.05) is 38.5 Å². The van der Waals surface area contributed by atoms with Gasteiger partial charge in [-0.1, -0.05) is 41.4 Å². The van der Waals surface area contributed by atoms with E-state index in [4.69, 9.17) is 21.3 Å². The van der Waals surface area contributed by atoms with Crippen LogP contribution in [0.15, 0.2) is 83.8 Å². The summed E-state index contributed by atoms with van der Waals surface area (Å²) < 4.78 is 5.58. The normalized spacial score (nSPS) is 18.4. The van der Waals surface area contributed by atoms with Gasteiger partial charge in [0.15, 0.2) is 0 Å². The quantitative estimate of drug-likeness (QED) is 0.364. The fraction of sp³-hybridized carbons (Fsp3) is 0.273. The van der Waals surface area contributed by atoms with Crippen LogP contribution in [0.2, 0.25) is 5.02 Å². The fourth-order valence-corrected chi connectivity index (χ4v) is 5.98. The number of benzene rings is 2. The topological polar surface area (TPSA) is 45.7 Å². The first-order valence-electron chi connectivity index (χ1n) is 13.5. The first kappa shape index (κ1) is 25.6. The number of aromatic nitrogens is 1. The highest BCUT2D eigenvalue weighted by molar-refractivity contribution is 6.30. The van der Waals surface area contributed by atoms with Crippen LogP contribution in [-0.2, 0) is 22.4 Å². The fourth-order valence-electron chi connectivity index (χ4n) is 5.79. The van der Waals surface area contributed by atoms with Gasteiger partial charge in [0.2, 0.25) is 0 Å².